The molecule has 1 fully saturated rings. The molecule has 2 heterocycles. The lowest BCUT2D eigenvalue weighted by Crippen LogP contribution is -2.39. The lowest BCUT2D eigenvalue weighted by Gasteiger charge is -2.27. The van der Waals surface area contributed by atoms with Gasteiger partial charge in [0.2, 0.25) is 0 Å². The molecule has 1 unspecified atom stereocenters. The number of likely N-dealkylation sites (tertiary alicyclic amines) is 1. The van der Waals surface area contributed by atoms with E-state index in [9.17, 15) is 4.79 Å². The zero-order valence-electron chi connectivity index (χ0n) is 12.5. The molecular formula is C14H22N2O3S. The van der Waals surface area contributed by atoms with Crippen LogP contribution in [0.25, 0.3) is 0 Å². The third-order valence-corrected chi connectivity index (χ3v) is 3.89. The summed E-state index contributed by atoms with van der Waals surface area (Å²) in [4.78, 5) is 18.9. The lowest BCUT2D eigenvalue weighted by molar-refractivity contribution is -0.0364. The summed E-state index contributed by atoms with van der Waals surface area (Å²) in [6, 6.07) is 0. The van der Waals surface area contributed by atoms with Crippen molar-refractivity contribution >= 4 is 17.4 Å². The van der Waals surface area contributed by atoms with E-state index in [-0.39, 0.29) is 11.7 Å². The second-order valence-corrected chi connectivity index (χ2v) is 7.33. The van der Waals surface area contributed by atoms with Crippen molar-refractivity contribution in [2.45, 2.75) is 51.9 Å². The molecule has 1 aliphatic rings. The quantitative estimate of drug-likeness (QED) is 0.860. The predicted octanol–water partition coefficient (Wildman–Crippen LogP) is 3.06. The molecule has 1 aliphatic heterocycles. The summed E-state index contributed by atoms with van der Waals surface area (Å²) >= 11 is 1.58. The van der Waals surface area contributed by atoms with E-state index >= 15 is 0 Å². The molecule has 0 aliphatic carbocycles. The standard InChI is InChI=1S/C14H22N2O3S/c1-13(2,3)19-12(17)16-6-5-14(4,9-16)18-8-11-7-15-10-20-11/h7,10H,5-6,8-9H2,1-4H3. The van der Waals surface area contributed by atoms with Crippen molar-refractivity contribution < 1.29 is 14.3 Å². The van der Waals surface area contributed by atoms with E-state index in [4.69, 9.17) is 9.47 Å². The summed E-state index contributed by atoms with van der Waals surface area (Å²) in [7, 11) is 0. The van der Waals surface area contributed by atoms with Crippen molar-refractivity contribution in [3.63, 3.8) is 0 Å². The average Bonchev–Trinajstić information content (AvgIpc) is 2.94. The molecule has 0 bridgehead atoms. The molecule has 0 N–H and O–H groups in total. The van der Waals surface area contributed by atoms with E-state index in [2.05, 4.69) is 4.98 Å². The van der Waals surface area contributed by atoms with Crippen molar-refractivity contribution in [1.82, 2.24) is 9.88 Å². The number of aromatic nitrogens is 1. The Morgan fingerprint density at radius 1 is 1.55 bits per heavy atom. The zero-order chi connectivity index (χ0) is 14.8. The molecule has 20 heavy (non-hydrogen) atoms. The van der Waals surface area contributed by atoms with Crippen molar-refractivity contribution in [3.05, 3.63) is 16.6 Å². The van der Waals surface area contributed by atoms with Gasteiger partial charge in [-0.25, -0.2) is 4.79 Å². The van der Waals surface area contributed by atoms with Gasteiger partial charge in [-0.15, -0.1) is 11.3 Å². The topological polar surface area (TPSA) is 51.7 Å². The van der Waals surface area contributed by atoms with E-state index in [1.807, 2.05) is 33.9 Å². The number of rotatable bonds is 3. The Bertz CT molecular complexity index is 455. The highest BCUT2D eigenvalue weighted by molar-refractivity contribution is 7.09. The van der Waals surface area contributed by atoms with Gasteiger partial charge < -0.3 is 14.4 Å². The first-order valence-corrected chi connectivity index (χ1v) is 7.65. The molecule has 1 saturated heterocycles. The first-order chi connectivity index (χ1) is 9.27. The number of hydrogen-bond acceptors (Lipinski definition) is 5. The average molecular weight is 298 g/mol. The van der Waals surface area contributed by atoms with Crippen LogP contribution in [0.3, 0.4) is 0 Å². The Kier molecular flexibility index (Phi) is 4.34. The van der Waals surface area contributed by atoms with E-state index < -0.39 is 5.60 Å². The number of carbonyl (C=O) groups excluding carboxylic acids is 1. The summed E-state index contributed by atoms with van der Waals surface area (Å²) in [5.41, 5.74) is 1.03. The fourth-order valence-electron chi connectivity index (χ4n) is 2.09. The highest BCUT2D eigenvalue weighted by Crippen LogP contribution is 2.27. The molecule has 0 saturated carbocycles. The Morgan fingerprint density at radius 3 is 2.90 bits per heavy atom. The van der Waals surface area contributed by atoms with E-state index in [0.717, 1.165) is 11.3 Å². The van der Waals surface area contributed by atoms with Gasteiger partial charge in [0.1, 0.15) is 5.60 Å². The smallest absolute Gasteiger partial charge is 0.410 e. The minimum absolute atomic E-state index is 0.261. The monoisotopic (exact) mass is 298 g/mol. The lowest BCUT2D eigenvalue weighted by atomic mass is 10.1. The summed E-state index contributed by atoms with van der Waals surface area (Å²) in [6.45, 7) is 9.46. The number of thiazole rings is 1. The summed E-state index contributed by atoms with van der Waals surface area (Å²) in [5, 5.41) is 0. The summed E-state index contributed by atoms with van der Waals surface area (Å²) in [5.74, 6) is 0. The van der Waals surface area contributed by atoms with Gasteiger partial charge in [0.05, 0.1) is 29.1 Å². The van der Waals surface area contributed by atoms with Gasteiger partial charge in [-0.2, -0.15) is 0 Å². The minimum Gasteiger partial charge on any atom is -0.444 e. The van der Waals surface area contributed by atoms with Crippen LogP contribution < -0.4 is 0 Å². The molecule has 1 aromatic heterocycles. The first kappa shape index (κ1) is 15.3. The Morgan fingerprint density at radius 2 is 2.30 bits per heavy atom. The largest absolute Gasteiger partial charge is 0.444 e. The SMILES string of the molecule is CC(C)(C)OC(=O)N1CCC(C)(OCc2cncs2)C1. The van der Waals surface area contributed by atoms with Crippen LogP contribution in [0.2, 0.25) is 0 Å². The summed E-state index contributed by atoms with van der Waals surface area (Å²) in [6.07, 6.45) is 2.38. The Balaban J connectivity index is 1.85. The van der Waals surface area contributed by atoms with Gasteiger partial charge in [0.15, 0.2) is 0 Å². The molecule has 1 aromatic rings. The van der Waals surface area contributed by atoms with Crippen molar-refractivity contribution in [2.24, 2.45) is 0 Å². The van der Waals surface area contributed by atoms with E-state index in [0.29, 0.717) is 19.7 Å². The number of ether oxygens (including phenoxy) is 2. The molecule has 6 heteroatoms. The van der Waals surface area contributed by atoms with Gasteiger partial charge in [-0.05, 0) is 34.1 Å². The molecule has 0 spiro atoms. The van der Waals surface area contributed by atoms with Gasteiger partial charge in [-0.1, -0.05) is 0 Å². The Hall–Kier alpha value is -1.14. The third kappa shape index (κ3) is 4.18. The third-order valence-electron chi connectivity index (χ3n) is 3.13. The number of amides is 1. The van der Waals surface area contributed by atoms with Crippen LogP contribution in [0.1, 0.15) is 39.0 Å². The molecule has 112 valence electrons. The van der Waals surface area contributed by atoms with Gasteiger partial charge >= 0.3 is 6.09 Å². The number of hydrogen-bond donors (Lipinski definition) is 0. The van der Waals surface area contributed by atoms with E-state index in [1.165, 1.54) is 0 Å². The number of carbonyl (C=O) groups is 1. The van der Waals surface area contributed by atoms with Crippen LogP contribution in [0.5, 0.6) is 0 Å². The Labute approximate surface area is 123 Å². The normalized spacial score (nSPS) is 23.1. The van der Waals surface area contributed by atoms with Crippen LogP contribution in [-0.4, -0.2) is 40.3 Å². The maximum atomic E-state index is 12.0. The number of nitrogens with zero attached hydrogens (tertiary/aromatic N) is 2. The van der Waals surface area contributed by atoms with Gasteiger partial charge in [0.25, 0.3) is 0 Å². The molecule has 0 radical (unpaired) electrons. The fourth-order valence-corrected chi connectivity index (χ4v) is 2.60. The van der Waals surface area contributed by atoms with Crippen LogP contribution in [0.4, 0.5) is 4.79 Å². The first-order valence-electron chi connectivity index (χ1n) is 6.77. The second kappa shape index (κ2) is 5.69. The van der Waals surface area contributed by atoms with E-state index in [1.54, 1.807) is 21.7 Å². The summed E-state index contributed by atoms with van der Waals surface area (Å²) < 4.78 is 11.4. The predicted molar refractivity (Wildman–Crippen MR) is 77.7 cm³/mol. The van der Waals surface area contributed by atoms with Crippen LogP contribution in [-0.2, 0) is 16.1 Å². The molecule has 2 rings (SSSR count). The molecule has 1 amide bonds. The second-order valence-electron chi connectivity index (χ2n) is 6.36. The van der Waals surface area contributed by atoms with Crippen molar-refractivity contribution in [2.75, 3.05) is 13.1 Å². The molecular weight excluding hydrogens is 276 g/mol. The highest BCUT2D eigenvalue weighted by atomic mass is 32.1. The highest BCUT2D eigenvalue weighted by Gasteiger charge is 2.38. The van der Waals surface area contributed by atoms with Crippen LogP contribution in [0.15, 0.2) is 11.7 Å². The molecule has 1 atom stereocenters. The fraction of sp³-hybridized carbons (Fsp3) is 0.714. The zero-order valence-corrected chi connectivity index (χ0v) is 13.3. The molecule has 5 nitrogen and oxygen atoms in total. The van der Waals surface area contributed by atoms with Gasteiger partial charge in [-0.3, -0.25) is 4.98 Å². The van der Waals surface area contributed by atoms with Crippen molar-refractivity contribution in [1.29, 1.82) is 0 Å². The maximum absolute atomic E-state index is 12.0. The van der Waals surface area contributed by atoms with Crippen LogP contribution >= 0.6 is 11.3 Å². The minimum atomic E-state index is -0.459. The van der Waals surface area contributed by atoms with Crippen LogP contribution in [0, 0.1) is 0 Å². The maximum Gasteiger partial charge on any atom is 0.410 e. The molecule has 0 aromatic carbocycles. The van der Waals surface area contributed by atoms with Gasteiger partial charge in [0, 0.05) is 12.7 Å². The van der Waals surface area contributed by atoms with Crippen molar-refractivity contribution in [3.8, 4) is 0 Å².